The molecular formula is C15H19FN2O3. The van der Waals surface area contributed by atoms with Gasteiger partial charge in [-0.3, -0.25) is 0 Å². The molecule has 1 aromatic rings. The second-order valence-corrected chi connectivity index (χ2v) is 5.18. The lowest BCUT2D eigenvalue weighted by atomic mass is 10.0. The first-order valence-corrected chi connectivity index (χ1v) is 7.13. The van der Waals surface area contributed by atoms with Gasteiger partial charge in [-0.2, -0.15) is 0 Å². The van der Waals surface area contributed by atoms with Gasteiger partial charge < -0.3 is 15.3 Å². The molecule has 2 rings (SSSR count). The van der Waals surface area contributed by atoms with Crippen molar-refractivity contribution in [1.29, 1.82) is 0 Å². The number of halogens is 1. The minimum atomic E-state index is -1.35. The van der Waals surface area contributed by atoms with Crippen molar-refractivity contribution in [2.45, 2.75) is 38.6 Å². The Hall–Kier alpha value is -2.11. The van der Waals surface area contributed by atoms with E-state index in [1.807, 2.05) is 6.92 Å². The smallest absolute Gasteiger partial charge is 0.338 e. The summed E-state index contributed by atoms with van der Waals surface area (Å²) in [5.74, 6) is -2.17. The van der Waals surface area contributed by atoms with Crippen LogP contribution in [0.25, 0.3) is 0 Å². The van der Waals surface area contributed by atoms with Gasteiger partial charge in [0.2, 0.25) is 0 Å². The zero-order chi connectivity index (χ0) is 15.4. The average molecular weight is 294 g/mol. The SMILES string of the molecule is CCC1CCCCN1C(=O)Nc1ccc(F)c(C(=O)O)c1. The predicted octanol–water partition coefficient (Wildman–Crippen LogP) is 3.32. The summed E-state index contributed by atoms with van der Waals surface area (Å²) >= 11 is 0. The zero-order valence-corrected chi connectivity index (χ0v) is 11.9. The van der Waals surface area contributed by atoms with Gasteiger partial charge in [-0.15, -0.1) is 0 Å². The number of piperidine rings is 1. The van der Waals surface area contributed by atoms with Crippen LogP contribution >= 0.6 is 0 Å². The molecule has 1 aliphatic rings. The van der Waals surface area contributed by atoms with Crippen molar-refractivity contribution >= 4 is 17.7 Å². The Morgan fingerprint density at radius 2 is 2.19 bits per heavy atom. The molecule has 5 nitrogen and oxygen atoms in total. The van der Waals surface area contributed by atoms with Crippen LogP contribution in [0.15, 0.2) is 18.2 Å². The highest BCUT2D eigenvalue weighted by atomic mass is 19.1. The fraction of sp³-hybridized carbons (Fsp3) is 0.467. The molecule has 1 saturated heterocycles. The first-order chi connectivity index (χ1) is 10.0. The second-order valence-electron chi connectivity index (χ2n) is 5.18. The van der Waals surface area contributed by atoms with Gasteiger partial charge in [0, 0.05) is 18.3 Å². The number of benzene rings is 1. The normalized spacial score (nSPS) is 18.4. The highest BCUT2D eigenvalue weighted by Gasteiger charge is 2.25. The fourth-order valence-electron chi connectivity index (χ4n) is 2.65. The van der Waals surface area contributed by atoms with Gasteiger partial charge in [0.05, 0.1) is 5.56 Å². The van der Waals surface area contributed by atoms with Gasteiger partial charge in [-0.1, -0.05) is 6.92 Å². The Kier molecular flexibility index (Phi) is 4.77. The summed E-state index contributed by atoms with van der Waals surface area (Å²) in [5, 5.41) is 11.5. The molecule has 21 heavy (non-hydrogen) atoms. The Morgan fingerprint density at radius 1 is 1.43 bits per heavy atom. The summed E-state index contributed by atoms with van der Waals surface area (Å²) in [6.45, 7) is 2.73. The van der Waals surface area contributed by atoms with Crippen LogP contribution < -0.4 is 5.32 Å². The van der Waals surface area contributed by atoms with Crippen molar-refractivity contribution in [1.82, 2.24) is 4.90 Å². The molecule has 1 aromatic carbocycles. The molecule has 6 heteroatoms. The van der Waals surface area contributed by atoms with Crippen LogP contribution in [0.5, 0.6) is 0 Å². The molecule has 0 saturated carbocycles. The zero-order valence-electron chi connectivity index (χ0n) is 11.9. The van der Waals surface area contributed by atoms with Crippen molar-refractivity contribution in [3.8, 4) is 0 Å². The molecule has 1 unspecified atom stereocenters. The quantitative estimate of drug-likeness (QED) is 0.898. The number of amides is 2. The number of rotatable bonds is 3. The van der Waals surface area contributed by atoms with E-state index in [0.717, 1.165) is 37.8 Å². The Bertz CT molecular complexity index is 548. The van der Waals surface area contributed by atoms with E-state index in [4.69, 9.17) is 5.11 Å². The van der Waals surface area contributed by atoms with Gasteiger partial charge in [0.1, 0.15) is 5.82 Å². The van der Waals surface area contributed by atoms with Crippen molar-refractivity contribution in [2.75, 3.05) is 11.9 Å². The number of carboxylic acid groups (broad SMARTS) is 1. The first kappa shape index (κ1) is 15.3. The summed E-state index contributed by atoms with van der Waals surface area (Å²) < 4.78 is 13.3. The largest absolute Gasteiger partial charge is 0.478 e. The predicted molar refractivity (Wildman–Crippen MR) is 77.0 cm³/mol. The second kappa shape index (κ2) is 6.56. The number of nitrogens with one attached hydrogen (secondary N) is 1. The number of nitrogens with zero attached hydrogens (tertiary/aromatic N) is 1. The van der Waals surface area contributed by atoms with Gasteiger partial charge >= 0.3 is 12.0 Å². The molecule has 0 radical (unpaired) electrons. The van der Waals surface area contributed by atoms with Crippen molar-refractivity contribution < 1.29 is 19.1 Å². The third-order valence-corrected chi connectivity index (χ3v) is 3.81. The number of carbonyl (C=O) groups excluding carboxylic acids is 1. The van der Waals surface area contributed by atoms with E-state index in [9.17, 15) is 14.0 Å². The Morgan fingerprint density at radius 3 is 2.86 bits per heavy atom. The molecule has 2 amide bonds. The minimum Gasteiger partial charge on any atom is -0.478 e. The topological polar surface area (TPSA) is 69.6 Å². The molecule has 0 bridgehead atoms. The lowest BCUT2D eigenvalue weighted by molar-refractivity contribution is 0.0692. The van der Waals surface area contributed by atoms with E-state index in [2.05, 4.69) is 5.32 Å². The Balaban J connectivity index is 2.12. The molecule has 1 aliphatic heterocycles. The van der Waals surface area contributed by atoms with Crippen LogP contribution in [0.2, 0.25) is 0 Å². The third kappa shape index (κ3) is 3.51. The van der Waals surface area contributed by atoms with Crippen LogP contribution in [0.3, 0.4) is 0 Å². The van der Waals surface area contributed by atoms with Gasteiger partial charge in [-0.05, 0) is 43.9 Å². The molecule has 2 N–H and O–H groups in total. The average Bonchev–Trinajstić information content (AvgIpc) is 2.48. The summed E-state index contributed by atoms with van der Waals surface area (Å²) in [7, 11) is 0. The number of hydrogen-bond donors (Lipinski definition) is 2. The number of carboxylic acids is 1. The maximum Gasteiger partial charge on any atom is 0.338 e. The molecule has 1 atom stereocenters. The van der Waals surface area contributed by atoms with Crippen LogP contribution in [0.4, 0.5) is 14.9 Å². The minimum absolute atomic E-state index is 0.207. The molecular weight excluding hydrogens is 275 g/mol. The maximum absolute atomic E-state index is 13.3. The number of likely N-dealkylation sites (tertiary alicyclic amines) is 1. The lowest BCUT2D eigenvalue weighted by Crippen LogP contribution is -2.45. The monoisotopic (exact) mass is 294 g/mol. The molecule has 0 aromatic heterocycles. The third-order valence-electron chi connectivity index (χ3n) is 3.81. The van der Waals surface area contributed by atoms with E-state index in [-0.39, 0.29) is 12.1 Å². The summed E-state index contributed by atoms with van der Waals surface area (Å²) in [4.78, 5) is 24.9. The standard InChI is InChI=1S/C15H19FN2O3/c1-2-11-5-3-4-8-18(11)15(21)17-10-6-7-13(16)12(9-10)14(19)20/h6-7,9,11H,2-5,8H2,1H3,(H,17,21)(H,19,20). The maximum atomic E-state index is 13.3. The summed E-state index contributed by atoms with van der Waals surface area (Å²) in [6, 6.07) is 3.50. The van der Waals surface area contributed by atoms with Gasteiger partial charge in [-0.25, -0.2) is 14.0 Å². The summed E-state index contributed by atoms with van der Waals surface area (Å²) in [5.41, 5.74) is -0.155. The van der Waals surface area contributed by atoms with Crippen molar-refractivity contribution in [2.24, 2.45) is 0 Å². The number of hydrogen-bond acceptors (Lipinski definition) is 2. The van der Waals surface area contributed by atoms with E-state index >= 15 is 0 Å². The highest BCUT2D eigenvalue weighted by Crippen LogP contribution is 2.21. The van der Waals surface area contributed by atoms with E-state index in [1.54, 1.807) is 4.90 Å². The van der Waals surface area contributed by atoms with Crippen LogP contribution in [-0.4, -0.2) is 34.6 Å². The van der Waals surface area contributed by atoms with Crippen molar-refractivity contribution in [3.63, 3.8) is 0 Å². The van der Waals surface area contributed by atoms with Crippen LogP contribution in [0.1, 0.15) is 43.0 Å². The van der Waals surface area contributed by atoms with E-state index in [1.165, 1.54) is 6.07 Å². The molecule has 114 valence electrons. The molecule has 1 fully saturated rings. The fourth-order valence-corrected chi connectivity index (χ4v) is 2.65. The first-order valence-electron chi connectivity index (χ1n) is 7.13. The Labute approximate surface area is 122 Å². The molecule has 0 aliphatic carbocycles. The summed E-state index contributed by atoms with van der Waals surface area (Å²) in [6.07, 6.45) is 3.95. The van der Waals surface area contributed by atoms with E-state index in [0.29, 0.717) is 12.2 Å². The lowest BCUT2D eigenvalue weighted by Gasteiger charge is -2.35. The van der Waals surface area contributed by atoms with E-state index < -0.39 is 17.3 Å². The number of carbonyl (C=O) groups is 2. The molecule has 0 spiro atoms. The highest BCUT2D eigenvalue weighted by molar-refractivity contribution is 5.93. The molecule has 1 heterocycles. The van der Waals surface area contributed by atoms with Crippen LogP contribution in [-0.2, 0) is 0 Å². The van der Waals surface area contributed by atoms with Gasteiger partial charge in [0.25, 0.3) is 0 Å². The van der Waals surface area contributed by atoms with Crippen molar-refractivity contribution in [3.05, 3.63) is 29.6 Å². The number of urea groups is 1. The van der Waals surface area contributed by atoms with Crippen LogP contribution in [0, 0.1) is 5.82 Å². The number of anilines is 1. The van der Waals surface area contributed by atoms with Gasteiger partial charge in [0.15, 0.2) is 0 Å². The number of aromatic carboxylic acids is 1.